The zero-order valence-electron chi connectivity index (χ0n) is 6.02. The Kier molecular flexibility index (Phi) is 2.22. The molecule has 1 heterocycles. The van der Waals surface area contributed by atoms with Crippen molar-refractivity contribution in [3.63, 3.8) is 0 Å². The summed E-state index contributed by atoms with van der Waals surface area (Å²) in [6.45, 7) is 1.30. The Hall–Kier alpha value is -0.140. The van der Waals surface area contributed by atoms with E-state index in [9.17, 15) is 14.7 Å². The third kappa shape index (κ3) is 1.36. The van der Waals surface area contributed by atoms with Gasteiger partial charge >= 0.3 is 6.03 Å². The molecule has 1 rings (SSSR count). The van der Waals surface area contributed by atoms with Crippen molar-refractivity contribution in [3.05, 3.63) is 0 Å². The molecule has 12 heavy (non-hydrogen) atoms. The summed E-state index contributed by atoms with van der Waals surface area (Å²) >= 11 is 5.89. The number of rotatable bonds is 0. The van der Waals surface area contributed by atoms with Crippen LogP contribution in [-0.2, 0) is 4.79 Å². The summed E-state index contributed by atoms with van der Waals surface area (Å²) in [6, 6.07) is -0.723. The standard InChI is InChI=1S/C5H6Br2N2O3/c1-4(12)5(6,7)2(10)8-3(11)9-4/h12H,1H3,(H2,8,9,10,11). The second-order valence-electron chi connectivity index (χ2n) is 2.55. The Bertz CT molecular complexity index is 251. The van der Waals surface area contributed by atoms with Gasteiger partial charge in [-0.15, -0.1) is 0 Å². The second-order valence-corrected chi connectivity index (χ2v) is 6.00. The Labute approximate surface area is 85.1 Å². The van der Waals surface area contributed by atoms with Crippen molar-refractivity contribution < 1.29 is 14.7 Å². The summed E-state index contributed by atoms with van der Waals surface area (Å²) < 4.78 is -1.39. The zero-order chi connectivity index (χ0) is 9.57. The van der Waals surface area contributed by atoms with E-state index in [4.69, 9.17) is 0 Å². The van der Waals surface area contributed by atoms with E-state index in [1.807, 2.05) is 5.32 Å². The predicted octanol–water partition coefficient (Wildman–Crippen LogP) is 0.0204. The third-order valence-electron chi connectivity index (χ3n) is 1.48. The van der Waals surface area contributed by atoms with Gasteiger partial charge < -0.3 is 10.4 Å². The first-order valence-electron chi connectivity index (χ1n) is 3.01. The molecule has 0 bridgehead atoms. The van der Waals surface area contributed by atoms with Gasteiger partial charge in [-0.3, -0.25) is 10.1 Å². The third-order valence-corrected chi connectivity index (χ3v) is 3.74. The van der Waals surface area contributed by atoms with Gasteiger partial charge in [0.15, 0.2) is 5.72 Å². The minimum atomic E-state index is -1.66. The molecule has 3 amide bonds. The highest BCUT2D eigenvalue weighted by atomic mass is 79.9. The molecule has 1 aliphatic rings. The van der Waals surface area contributed by atoms with Crippen LogP contribution in [-0.4, -0.2) is 26.0 Å². The lowest BCUT2D eigenvalue weighted by molar-refractivity contribution is -0.127. The molecule has 3 N–H and O–H groups in total. The molecule has 5 nitrogen and oxygen atoms in total. The molecular weight excluding hydrogens is 296 g/mol. The molecule has 1 aliphatic heterocycles. The van der Waals surface area contributed by atoms with E-state index < -0.39 is 20.9 Å². The predicted molar refractivity (Wildman–Crippen MR) is 47.9 cm³/mol. The normalized spacial score (nSPS) is 34.0. The number of nitrogens with one attached hydrogen (secondary N) is 2. The lowest BCUT2D eigenvalue weighted by atomic mass is 10.1. The highest BCUT2D eigenvalue weighted by molar-refractivity contribution is 9.26. The number of imide groups is 1. The number of carbonyl (C=O) groups is 2. The Morgan fingerprint density at radius 3 is 2.33 bits per heavy atom. The fourth-order valence-corrected chi connectivity index (χ4v) is 1.13. The van der Waals surface area contributed by atoms with Crippen LogP contribution in [0.5, 0.6) is 0 Å². The quantitative estimate of drug-likeness (QED) is 0.552. The van der Waals surface area contributed by atoms with Gasteiger partial charge in [-0.25, -0.2) is 4.79 Å². The topological polar surface area (TPSA) is 78.4 Å². The summed E-state index contributed by atoms with van der Waals surface area (Å²) in [5.41, 5.74) is -1.66. The SMILES string of the molecule is CC1(O)NC(=O)NC(=O)C1(Br)Br. The van der Waals surface area contributed by atoms with Gasteiger partial charge in [0.1, 0.15) is 0 Å². The minimum Gasteiger partial charge on any atom is -0.368 e. The maximum Gasteiger partial charge on any atom is 0.323 e. The van der Waals surface area contributed by atoms with Crippen molar-refractivity contribution in [1.29, 1.82) is 0 Å². The van der Waals surface area contributed by atoms with Crippen LogP contribution in [0.1, 0.15) is 6.92 Å². The van der Waals surface area contributed by atoms with Gasteiger partial charge in [-0.1, -0.05) is 31.9 Å². The highest BCUT2D eigenvalue weighted by Crippen LogP contribution is 2.38. The van der Waals surface area contributed by atoms with E-state index in [1.165, 1.54) is 6.92 Å². The van der Waals surface area contributed by atoms with Gasteiger partial charge in [0.25, 0.3) is 5.91 Å². The monoisotopic (exact) mass is 300 g/mol. The molecule has 1 saturated heterocycles. The summed E-state index contributed by atoms with van der Waals surface area (Å²) in [6.07, 6.45) is 0. The molecule has 0 aromatic heterocycles. The van der Waals surface area contributed by atoms with Crippen LogP contribution in [0.2, 0.25) is 0 Å². The van der Waals surface area contributed by atoms with Crippen molar-refractivity contribution in [2.75, 3.05) is 0 Å². The van der Waals surface area contributed by atoms with E-state index in [2.05, 4.69) is 37.2 Å². The van der Waals surface area contributed by atoms with Crippen LogP contribution in [0, 0.1) is 0 Å². The molecular formula is C5H6Br2N2O3. The number of hydrogen-bond acceptors (Lipinski definition) is 3. The molecule has 1 atom stereocenters. The fourth-order valence-electron chi connectivity index (χ4n) is 0.733. The number of alkyl halides is 2. The Morgan fingerprint density at radius 2 is 1.92 bits per heavy atom. The molecule has 0 spiro atoms. The fraction of sp³-hybridized carbons (Fsp3) is 0.600. The van der Waals surface area contributed by atoms with E-state index >= 15 is 0 Å². The van der Waals surface area contributed by atoms with Crippen molar-refractivity contribution in [3.8, 4) is 0 Å². The van der Waals surface area contributed by atoms with E-state index in [0.717, 1.165) is 0 Å². The number of halogens is 2. The molecule has 0 aromatic carbocycles. The van der Waals surface area contributed by atoms with Gasteiger partial charge in [0.05, 0.1) is 0 Å². The smallest absolute Gasteiger partial charge is 0.323 e. The number of carbonyl (C=O) groups excluding carboxylic acids is 2. The van der Waals surface area contributed by atoms with Crippen LogP contribution < -0.4 is 10.6 Å². The first-order chi connectivity index (χ1) is 5.27. The lowest BCUT2D eigenvalue weighted by Crippen LogP contribution is -2.70. The molecule has 7 heteroatoms. The maximum atomic E-state index is 11.1. The van der Waals surface area contributed by atoms with Crippen molar-refractivity contribution in [2.24, 2.45) is 0 Å². The van der Waals surface area contributed by atoms with Crippen molar-refractivity contribution in [2.45, 2.75) is 15.9 Å². The zero-order valence-corrected chi connectivity index (χ0v) is 9.19. The molecule has 0 aromatic rings. The maximum absolute atomic E-state index is 11.1. The second kappa shape index (κ2) is 2.68. The van der Waals surface area contributed by atoms with Gasteiger partial charge in [-0.2, -0.15) is 0 Å². The molecule has 0 aliphatic carbocycles. The summed E-state index contributed by atoms with van der Waals surface area (Å²) in [7, 11) is 0. The Morgan fingerprint density at radius 1 is 1.42 bits per heavy atom. The molecule has 68 valence electrons. The summed E-state index contributed by atoms with van der Waals surface area (Å²) in [5.74, 6) is -0.642. The van der Waals surface area contributed by atoms with Crippen LogP contribution in [0.3, 0.4) is 0 Å². The van der Waals surface area contributed by atoms with Crippen LogP contribution in [0.15, 0.2) is 0 Å². The minimum absolute atomic E-state index is 0.642. The average Bonchev–Trinajstić information content (AvgIpc) is 1.82. The summed E-state index contributed by atoms with van der Waals surface area (Å²) in [5, 5.41) is 13.7. The molecule has 1 fully saturated rings. The first kappa shape index (κ1) is 9.94. The highest BCUT2D eigenvalue weighted by Gasteiger charge is 2.54. The van der Waals surface area contributed by atoms with Crippen LogP contribution in [0.25, 0.3) is 0 Å². The van der Waals surface area contributed by atoms with E-state index in [-0.39, 0.29) is 0 Å². The molecule has 0 radical (unpaired) electrons. The van der Waals surface area contributed by atoms with E-state index in [0.29, 0.717) is 0 Å². The number of urea groups is 1. The van der Waals surface area contributed by atoms with Crippen molar-refractivity contribution in [1.82, 2.24) is 10.6 Å². The molecule has 0 saturated carbocycles. The molecule has 1 unspecified atom stereocenters. The Balaban J connectivity index is 3.02. The number of aliphatic hydroxyl groups is 1. The number of hydrogen-bond donors (Lipinski definition) is 3. The van der Waals surface area contributed by atoms with Gasteiger partial charge in [0.2, 0.25) is 3.23 Å². The summed E-state index contributed by atoms with van der Waals surface area (Å²) in [4.78, 5) is 21.8. The number of amides is 3. The van der Waals surface area contributed by atoms with Crippen LogP contribution >= 0.6 is 31.9 Å². The first-order valence-corrected chi connectivity index (χ1v) is 4.60. The average molecular weight is 302 g/mol. The van der Waals surface area contributed by atoms with Gasteiger partial charge in [0, 0.05) is 0 Å². The van der Waals surface area contributed by atoms with Crippen LogP contribution in [0.4, 0.5) is 4.79 Å². The van der Waals surface area contributed by atoms with Gasteiger partial charge in [-0.05, 0) is 6.92 Å². The lowest BCUT2D eigenvalue weighted by Gasteiger charge is -2.39. The largest absolute Gasteiger partial charge is 0.368 e. The van der Waals surface area contributed by atoms with E-state index in [1.54, 1.807) is 0 Å². The van der Waals surface area contributed by atoms with Crippen molar-refractivity contribution >= 4 is 43.8 Å².